The molecule has 1 aliphatic rings. The number of anilines is 1. The predicted molar refractivity (Wildman–Crippen MR) is 105 cm³/mol. The molecular weight excluding hydrogens is 370 g/mol. The Hall–Kier alpha value is -1.77. The number of piperidine rings is 1. The number of amides is 1. The average molecular weight is 394 g/mol. The molecular formula is C18H23N3O3S2. The molecule has 1 aromatic heterocycles. The number of aromatic nitrogens is 1. The van der Waals surface area contributed by atoms with Crippen molar-refractivity contribution in [1.29, 1.82) is 0 Å². The number of benzene rings is 1. The number of carbonyl (C=O) groups is 1. The first-order valence-corrected chi connectivity index (χ1v) is 11.4. The lowest BCUT2D eigenvalue weighted by molar-refractivity contribution is -0.119. The summed E-state index contributed by atoms with van der Waals surface area (Å²) in [5.74, 6) is -0.483. The van der Waals surface area contributed by atoms with Crippen molar-refractivity contribution in [2.75, 3.05) is 24.7 Å². The molecule has 2 aromatic rings. The summed E-state index contributed by atoms with van der Waals surface area (Å²) in [5, 5.41) is 8.13. The molecule has 0 atom stereocenters. The second-order valence-electron chi connectivity index (χ2n) is 6.56. The van der Waals surface area contributed by atoms with Crippen LogP contribution in [0.5, 0.6) is 0 Å². The van der Waals surface area contributed by atoms with Crippen LogP contribution in [-0.2, 0) is 21.1 Å². The number of hydrogen-bond acceptors (Lipinski definition) is 6. The lowest BCUT2D eigenvalue weighted by Gasteiger charge is -2.33. The van der Waals surface area contributed by atoms with E-state index in [0.717, 1.165) is 23.9 Å². The smallest absolute Gasteiger partial charge is 0.247 e. The second-order valence-corrected chi connectivity index (χ2v) is 9.74. The molecule has 0 spiro atoms. The first-order valence-electron chi connectivity index (χ1n) is 8.62. The van der Waals surface area contributed by atoms with E-state index in [1.54, 1.807) is 0 Å². The van der Waals surface area contributed by atoms with E-state index < -0.39 is 20.5 Å². The van der Waals surface area contributed by atoms with Gasteiger partial charge in [-0.3, -0.25) is 4.79 Å². The topological polar surface area (TPSA) is 88.2 Å². The van der Waals surface area contributed by atoms with Gasteiger partial charge in [-0.2, -0.15) is 0 Å². The van der Waals surface area contributed by atoms with E-state index in [-0.39, 0.29) is 12.8 Å². The van der Waals surface area contributed by atoms with Crippen molar-refractivity contribution in [2.45, 2.75) is 30.9 Å². The summed E-state index contributed by atoms with van der Waals surface area (Å²) in [5.41, 5.74) is 2.99. The van der Waals surface area contributed by atoms with Crippen molar-refractivity contribution in [3.8, 4) is 11.3 Å². The van der Waals surface area contributed by atoms with Crippen molar-refractivity contribution in [3.63, 3.8) is 0 Å². The molecule has 26 heavy (non-hydrogen) atoms. The predicted octanol–water partition coefficient (Wildman–Crippen LogP) is 2.48. The van der Waals surface area contributed by atoms with Gasteiger partial charge in [0.05, 0.1) is 5.69 Å². The average Bonchev–Trinajstić information content (AvgIpc) is 3.10. The molecule has 1 fully saturated rings. The summed E-state index contributed by atoms with van der Waals surface area (Å²) in [4.78, 5) is 17.3. The summed E-state index contributed by atoms with van der Waals surface area (Å²) in [6.45, 7) is 3.12. The Morgan fingerprint density at radius 1 is 1.27 bits per heavy atom. The summed E-state index contributed by atoms with van der Waals surface area (Å²) >= 11 is 1.30. The number of nitrogens with one attached hydrogen (secondary N) is 2. The van der Waals surface area contributed by atoms with Gasteiger partial charge in [0.15, 0.2) is 19.7 Å². The highest BCUT2D eigenvalue weighted by Gasteiger charge is 2.48. The van der Waals surface area contributed by atoms with Crippen LogP contribution in [0.1, 0.15) is 25.3 Å². The van der Waals surface area contributed by atoms with Crippen molar-refractivity contribution >= 4 is 32.2 Å². The van der Waals surface area contributed by atoms with E-state index in [1.165, 1.54) is 16.9 Å². The highest BCUT2D eigenvalue weighted by Crippen LogP contribution is 2.31. The van der Waals surface area contributed by atoms with Gasteiger partial charge in [0.2, 0.25) is 5.91 Å². The van der Waals surface area contributed by atoms with Crippen molar-refractivity contribution < 1.29 is 13.2 Å². The first kappa shape index (κ1) is 19.0. The molecule has 3 rings (SSSR count). The Morgan fingerprint density at radius 3 is 2.50 bits per heavy atom. The number of nitrogens with zero attached hydrogens (tertiary/aromatic N) is 1. The first-order chi connectivity index (χ1) is 12.4. The van der Waals surface area contributed by atoms with Crippen molar-refractivity contribution in [1.82, 2.24) is 10.3 Å². The standard InChI is InChI=1S/C18H23N3O3S2/c1-3-13-4-6-14(7-5-13)15-12-25-17(20-15)21-16(22)18(26(2,23)24)8-10-19-11-9-18/h4-7,12,19H,3,8-11H2,1-2H3,(H,20,21,22). The lowest BCUT2D eigenvalue weighted by atomic mass is 9.96. The molecule has 6 nitrogen and oxygen atoms in total. The number of sulfone groups is 1. The normalized spacial score (nSPS) is 17.0. The molecule has 1 aromatic carbocycles. The maximum atomic E-state index is 12.8. The fraction of sp³-hybridized carbons (Fsp3) is 0.444. The monoisotopic (exact) mass is 393 g/mol. The molecule has 8 heteroatoms. The third-order valence-electron chi connectivity index (χ3n) is 4.92. The van der Waals surface area contributed by atoms with E-state index in [4.69, 9.17) is 0 Å². The number of rotatable bonds is 5. The minimum atomic E-state index is -3.54. The van der Waals surface area contributed by atoms with Gasteiger partial charge in [-0.25, -0.2) is 13.4 Å². The van der Waals surface area contributed by atoms with Gasteiger partial charge in [0, 0.05) is 17.2 Å². The van der Waals surface area contributed by atoms with Gasteiger partial charge in [0.1, 0.15) is 0 Å². The molecule has 0 unspecified atom stereocenters. The van der Waals surface area contributed by atoms with Crippen molar-refractivity contribution in [3.05, 3.63) is 35.2 Å². The fourth-order valence-electron chi connectivity index (χ4n) is 3.18. The zero-order chi connectivity index (χ0) is 18.8. The zero-order valence-corrected chi connectivity index (χ0v) is 16.5. The minimum absolute atomic E-state index is 0.272. The van der Waals surface area contributed by atoms with Crippen LogP contribution in [0.3, 0.4) is 0 Å². The quantitative estimate of drug-likeness (QED) is 0.815. The summed E-state index contributed by atoms with van der Waals surface area (Å²) in [6.07, 6.45) is 2.66. The molecule has 1 aliphatic heterocycles. The van der Waals surface area contributed by atoms with Crippen LogP contribution in [0, 0.1) is 0 Å². The molecule has 2 heterocycles. The molecule has 1 saturated heterocycles. The zero-order valence-electron chi connectivity index (χ0n) is 14.9. The number of carbonyl (C=O) groups excluding carboxylic acids is 1. The van der Waals surface area contributed by atoms with Crippen LogP contribution >= 0.6 is 11.3 Å². The SMILES string of the molecule is CCc1ccc(-c2csc(NC(=O)C3(S(C)(=O)=O)CCNCC3)n2)cc1. The van der Waals surface area contributed by atoms with Crippen LogP contribution in [0.25, 0.3) is 11.3 Å². The Labute approximate surface area is 158 Å². The van der Waals surface area contributed by atoms with E-state index in [1.807, 2.05) is 17.5 Å². The highest BCUT2D eigenvalue weighted by molar-refractivity contribution is 7.92. The van der Waals surface area contributed by atoms with Crippen LogP contribution in [0.4, 0.5) is 5.13 Å². The second kappa shape index (κ2) is 7.46. The third-order valence-corrected chi connectivity index (χ3v) is 7.69. The number of thiazole rings is 1. The Kier molecular flexibility index (Phi) is 5.45. The van der Waals surface area contributed by atoms with Gasteiger partial charge in [0.25, 0.3) is 0 Å². The minimum Gasteiger partial charge on any atom is -0.317 e. The number of hydrogen-bond donors (Lipinski definition) is 2. The van der Waals surface area contributed by atoms with Crippen LogP contribution in [0.2, 0.25) is 0 Å². The summed E-state index contributed by atoms with van der Waals surface area (Å²) in [6, 6.07) is 8.12. The van der Waals surface area contributed by atoms with Crippen LogP contribution < -0.4 is 10.6 Å². The maximum Gasteiger partial charge on any atom is 0.247 e. The Morgan fingerprint density at radius 2 is 1.92 bits per heavy atom. The Bertz CT molecular complexity index is 883. The van der Waals surface area contributed by atoms with Gasteiger partial charge >= 0.3 is 0 Å². The largest absolute Gasteiger partial charge is 0.317 e. The summed E-state index contributed by atoms with van der Waals surface area (Å²) < 4.78 is 23.3. The molecule has 1 amide bonds. The van der Waals surface area contributed by atoms with E-state index in [0.29, 0.717) is 18.2 Å². The fourth-order valence-corrected chi connectivity index (χ4v) is 5.23. The van der Waals surface area contributed by atoms with Gasteiger partial charge in [-0.15, -0.1) is 11.3 Å². The number of aryl methyl sites for hydroxylation is 1. The van der Waals surface area contributed by atoms with Gasteiger partial charge in [-0.05, 0) is 37.9 Å². The molecule has 2 N–H and O–H groups in total. The van der Waals surface area contributed by atoms with Crippen molar-refractivity contribution in [2.24, 2.45) is 0 Å². The molecule has 0 radical (unpaired) electrons. The van der Waals surface area contributed by atoms with E-state index >= 15 is 0 Å². The Balaban J connectivity index is 1.80. The van der Waals surface area contributed by atoms with E-state index in [9.17, 15) is 13.2 Å². The van der Waals surface area contributed by atoms with Crippen LogP contribution in [0.15, 0.2) is 29.6 Å². The highest BCUT2D eigenvalue weighted by atomic mass is 32.2. The lowest BCUT2D eigenvalue weighted by Crippen LogP contribution is -2.55. The maximum absolute atomic E-state index is 12.8. The third kappa shape index (κ3) is 3.67. The molecule has 0 saturated carbocycles. The van der Waals surface area contributed by atoms with Crippen LogP contribution in [-0.4, -0.2) is 43.4 Å². The molecule has 0 bridgehead atoms. The molecule has 0 aliphatic carbocycles. The van der Waals surface area contributed by atoms with Gasteiger partial charge < -0.3 is 10.6 Å². The van der Waals surface area contributed by atoms with E-state index in [2.05, 4.69) is 34.7 Å². The molecule has 140 valence electrons. The van der Waals surface area contributed by atoms with Gasteiger partial charge in [-0.1, -0.05) is 31.2 Å². The summed E-state index contributed by atoms with van der Waals surface area (Å²) in [7, 11) is -3.54.